The maximum Gasteiger partial charge on any atom is 0.262 e. The van der Waals surface area contributed by atoms with E-state index >= 15 is 0 Å². The molecule has 0 aliphatic carbocycles. The molecule has 1 aliphatic heterocycles. The van der Waals surface area contributed by atoms with Crippen LogP contribution < -0.4 is 19.5 Å². The van der Waals surface area contributed by atoms with Crippen LogP contribution in [0.15, 0.2) is 42.5 Å². The average molecular weight is 334 g/mol. The number of carbonyl (C=O) groups is 1. The van der Waals surface area contributed by atoms with Crippen LogP contribution in [0.4, 0.5) is 5.69 Å². The number of benzene rings is 2. The van der Waals surface area contributed by atoms with Gasteiger partial charge in [0, 0.05) is 23.2 Å². The normalized spacial score (nSPS) is 13.1. The van der Waals surface area contributed by atoms with E-state index in [-0.39, 0.29) is 12.5 Å². The molecule has 0 spiro atoms. The molecule has 1 heterocycles. The summed E-state index contributed by atoms with van der Waals surface area (Å²) in [5.41, 5.74) is 0.633. The Morgan fingerprint density at radius 3 is 2.78 bits per heavy atom. The van der Waals surface area contributed by atoms with Gasteiger partial charge in [0.05, 0.1) is 13.2 Å². The molecule has 2 aromatic carbocycles. The summed E-state index contributed by atoms with van der Waals surface area (Å²) in [4.78, 5) is 12.0. The van der Waals surface area contributed by atoms with Gasteiger partial charge in [0.25, 0.3) is 5.91 Å². The van der Waals surface area contributed by atoms with Crippen LogP contribution in [-0.4, -0.2) is 25.7 Å². The lowest BCUT2D eigenvalue weighted by Gasteiger charge is -2.11. The van der Waals surface area contributed by atoms with Crippen LogP contribution in [0.25, 0.3) is 0 Å². The molecule has 0 saturated heterocycles. The first kappa shape index (κ1) is 15.5. The minimum Gasteiger partial charge on any atom is -0.490 e. The van der Waals surface area contributed by atoms with E-state index in [1.54, 1.807) is 42.5 Å². The topological polar surface area (TPSA) is 56.8 Å². The van der Waals surface area contributed by atoms with Crippen molar-refractivity contribution in [1.29, 1.82) is 0 Å². The van der Waals surface area contributed by atoms with Crippen LogP contribution in [-0.2, 0) is 4.79 Å². The Labute approximate surface area is 139 Å². The number of amides is 1. The summed E-state index contributed by atoms with van der Waals surface area (Å²) in [5.74, 6) is 1.61. The molecule has 0 unspecified atom stereocenters. The highest BCUT2D eigenvalue weighted by molar-refractivity contribution is 6.30. The lowest BCUT2D eigenvalue weighted by Crippen LogP contribution is -2.20. The van der Waals surface area contributed by atoms with Crippen LogP contribution in [0.3, 0.4) is 0 Å². The molecule has 6 heteroatoms. The highest BCUT2D eigenvalue weighted by Gasteiger charge is 2.12. The lowest BCUT2D eigenvalue weighted by atomic mass is 10.2. The molecule has 1 amide bonds. The second-order valence-electron chi connectivity index (χ2n) is 5.01. The van der Waals surface area contributed by atoms with Crippen molar-refractivity contribution >= 4 is 23.2 Å². The van der Waals surface area contributed by atoms with Crippen LogP contribution in [0, 0.1) is 0 Å². The van der Waals surface area contributed by atoms with E-state index in [0.29, 0.717) is 41.2 Å². The molecule has 0 atom stereocenters. The third kappa shape index (κ3) is 4.29. The van der Waals surface area contributed by atoms with Gasteiger partial charge < -0.3 is 19.5 Å². The molecule has 120 valence electrons. The number of nitrogens with one attached hydrogen (secondary N) is 1. The van der Waals surface area contributed by atoms with Gasteiger partial charge in [0.2, 0.25) is 0 Å². The van der Waals surface area contributed by atoms with Gasteiger partial charge in [-0.25, -0.2) is 0 Å². The SMILES string of the molecule is O=C(COc1cccc(Cl)c1)Nc1ccc2c(c1)OCCCO2. The van der Waals surface area contributed by atoms with Gasteiger partial charge in [-0.2, -0.15) is 0 Å². The summed E-state index contributed by atoms with van der Waals surface area (Å²) in [7, 11) is 0. The fourth-order valence-corrected chi connectivity index (χ4v) is 2.32. The van der Waals surface area contributed by atoms with Gasteiger partial charge >= 0.3 is 0 Å². The first-order chi connectivity index (χ1) is 11.2. The van der Waals surface area contributed by atoms with Gasteiger partial charge in [0.1, 0.15) is 5.75 Å². The predicted molar refractivity (Wildman–Crippen MR) is 87.6 cm³/mol. The second-order valence-corrected chi connectivity index (χ2v) is 5.44. The van der Waals surface area contributed by atoms with Gasteiger partial charge in [-0.3, -0.25) is 4.79 Å². The molecule has 5 nitrogen and oxygen atoms in total. The zero-order valence-corrected chi connectivity index (χ0v) is 13.1. The summed E-state index contributed by atoms with van der Waals surface area (Å²) in [6, 6.07) is 12.2. The highest BCUT2D eigenvalue weighted by atomic mass is 35.5. The van der Waals surface area contributed by atoms with Crippen molar-refractivity contribution in [3.63, 3.8) is 0 Å². The Morgan fingerprint density at radius 1 is 1.13 bits per heavy atom. The standard InChI is InChI=1S/C17H16ClNO4/c18-12-3-1-4-14(9-12)23-11-17(20)19-13-5-6-15-16(10-13)22-8-2-7-21-15/h1,3-6,9-10H,2,7-8,11H2,(H,19,20). The summed E-state index contributed by atoms with van der Waals surface area (Å²) in [5, 5.41) is 3.33. The van der Waals surface area contributed by atoms with Crippen LogP contribution in [0.5, 0.6) is 17.2 Å². The molecular weight excluding hydrogens is 318 g/mol. The van der Waals surface area contributed by atoms with E-state index in [1.165, 1.54) is 0 Å². The zero-order chi connectivity index (χ0) is 16.1. The third-order valence-electron chi connectivity index (χ3n) is 3.20. The fourth-order valence-electron chi connectivity index (χ4n) is 2.14. The van der Waals surface area contributed by atoms with Gasteiger partial charge in [-0.15, -0.1) is 0 Å². The van der Waals surface area contributed by atoms with Crippen molar-refractivity contribution in [2.45, 2.75) is 6.42 Å². The van der Waals surface area contributed by atoms with Crippen molar-refractivity contribution in [1.82, 2.24) is 0 Å². The maximum atomic E-state index is 12.0. The minimum atomic E-state index is -0.264. The minimum absolute atomic E-state index is 0.102. The average Bonchev–Trinajstić information content (AvgIpc) is 2.78. The molecule has 0 bridgehead atoms. The Bertz CT molecular complexity index is 705. The molecule has 2 aromatic rings. The number of hydrogen-bond acceptors (Lipinski definition) is 4. The predicted octanol–water partition coefficient (Wildman–Crippen LogP) is 3.52. The smallest absolute Gasteiger partial charge is 0.262 e. The third-order valence-corrected chi connectivity index (χ3v) is 3.43. The van der Waals surface area contributed by atoms with Gasteiger partial charge in [0.15, 0.2) is 18.1 Å². The second kappa shape index (κ2) is 7.24. The molecule has 3 rings (SSSR count). The van der Waals surface area contributed by atoms with E-state index in [4.69, 9.17) is 25.8 Å². The van der Waals surface area contributed by atoms with Crippen molar-refractivity contribution < 1.29 is 19.0 Å². The first-order valence-corrected chi connectivity index (χ1v) is 7.66. The summed E-state index contributed by atoms with van der Waals surface area (Å²) < 4.78 is 16.5. The Hall–Kier alpha value is -2.40. The summed E-state index contributed by atoms with van der Waals surface area (Å²) in [6.45, 7) is 1.13. The Morgan fingerprint density at radius 2 is 1.96 bits per heavy atom. The molecule has 0 radical (unpaired) electrons. The number of ether oxygens (including phenoxy) is 3. The van der Waals surface area contributed by atoms with E-state index in [1.807, 2.05) is 0 Å². The van der Waals surface area contributed by atoms with E-state index in [0.717, 1.165) is 6.42 Å². The molecule has 1 N–H and O–H groups in total. The van der Waals surface area contributed by atoms with Crippen molar-refractivity contribution in [3.05, 3.63) is 47.5 Å². The molecule has 0 saturated carbocycles. The highest BCUT2D eigenvalue weighted by Crippen LogP contribution is 2.32. The number of hydrogen-bond donors (Lipinski definition) is 1. The molecular formula is C17H16ClNO4. The zero-order valence-electron chi connectivity index (χ0n) is 12.4. The van der Waals surface area contributed by atoms with Crippen LogP contribution in [0.1, 0.15) is 6.42 Å². The quantitative estimate of drug-likeness (QED) is 0.930. The number of rotatable bonds is 4. The van der Waals surface area contributed by atoms with Crippen molar-refractivity contribution in [2.24, 2.45) is 0 Å². The number of fused-ring (bicyclic) bond motifs is 1. The van der Waals surface area contributed by atoms with E-state index in [9.17, 15) is 4.79 Å². The number of halogens is 1. The Kier molecular flexibility index (Phi) is 4.88. The van der Waals surface area contributed by atoms with E-state index in [2.05, 4.69) is 5.32 Å². The van der Waals surface area contributed by atoms with Crippen LogP contribution >= 0.6 is 11.6 Å². The monoisotopic (exact) mass is 333 g/mol. The first-order valence-electron chi connectivity index (χ1n) is 7.28. The number of carbonyl (C=O) groups excluding carboxylic acids is 1. The van der Waals surface area contributed by atoms with Gasteiger partial charge in [-0.1, -0.05) is 17.7 Å². The summed E-state index contributed by atoms with van der Waals surface area (Å²) >= 11 is 5.86. The van der Waals surface area contributed by atoms with E-state index < -0.39 is 0 Å². The largest absolute Gasteiger partial charge is 0.490 e. The molecule has 0 aromatic heterocycles. The number of anilines is 1. The van der Waals surface area contributed by atoms with Gasteiger partial charge in [-0.05, 0) is 30.3 Å². The van der Waals surface area contributed by atoms with Crippen LogP contribution in [0.2, 0.25) is 5.02 Å². The Balaban J connectivity index is 1.58. The summed E-state index contributed by atoms with van der Waals surface area (Å²) in [6.07, 6.45) is 0.837. The fraction of sp³-hybridized carbons (Fsp3) is 0.235. The van der Waals surface area contributed by atoms with Crippen molar-refractivity contribution in [2.75, 3.05) is 25.1 Å². The molecule has 0 fully saturated rings. The molecule has 23 heavy (non-hydrogen) atoms. The lowest BCUT2D eigenvalue weighted by molar-refractivity contribution is -0.118. The van der Waals surface area contributed by atoms with Crippen molar-refractivity contribution in [3.8, 4) is 17.2 Å². The maximum absolute atomic E-state index is 12.0. The molecule has 1 aliphatic rings.